The van der Waals surface area contributed by atoms with Crippen molar-refractivity contribution in [2.45, 2.75) is 0 Å². The van der Waals surface area contributed by atoms with E-state index in [0.717, 1.165) is 67.3 Å². The van der Waals surface area contributed by atoms with Crippen molar-refractivity contribution >= 4 is 21.5 Å². The molecule has 50 heavy (non-hydrogen) atoms. The number of fused-ring (bicyclic) bond motifs is 2. The van der Waals surface area contributed by atoms with Gasteiger partial charge < -0.3 is 0 Å². The molecule has 9 rings (SSSR count). The van der Waals surface area contributed by atoms with Crippen molar-refractivity contribution in [1.29, 1.82) is 0 Å². The normalized spacial score (nSPS) is 11.2. The zero-order valence-electron chi connectivity index (χ0n) is 27.4. The Labute approximate surface area is 292 Å². The van der Waals surface area contributed by atoms with Gasteiger partial charge in [-0.05, 0) is 74.1 Å². The second-order valence-corrected chi connectivity index (χ2v) is 12.6. The minimum Gasteiger partial charge on any atom is -0.248 e. The lowest BCUT2D eigenvalue weighted by molar-refractivity contribution is 1.32. The van der Waals surface area contributed by atoms with E-state index in [1.54, 1.807) is 0 Å². The van der Waals surface area contributed by atoms with Gasteiger partial charge in [0.25, 0.3) is 0 Å². The molecule has 0 radical (unpaired) electrons. The van der Waals surface area contributed by atoms with Crippen molar-refractivity contribution in [3.05, 3.63) is 194 Å². The second kappa shape index (κ2) is 12.8. The summed E-state index contributed by atoms with van der Waals surface area (Å²) in [6.07, 6.45) is 0. The molecule has 0 spiro atoms. The lowest BCUT2D eigenvalue weighted by atomic mass is 9.94. The second-order valence-electron chi connectivity index (χ2n) is 12.6. The van der Waals surface area contributed by atoms with Gasteiger partial charge in [0.2, 0.25) is 0 Å². The number of nitrogens with zero attached hydrogens (tertiary/aromatic N) is 2. The molecule has 9 aromatic rings. The van der Waals surface area contributed by atoms with E-state index in [1.807, 2.05) is 12.1 Å². The van der Waals surface area contributed by atoms with Gasteiger partial charge in [-0.2, -0.15) is 0 Å². The summed E-state index contributed by atoms with van der Waals surface area (Å²) >= 11 is 0. The summed E-state index contributed by atoms with van der Waals surface area (Å²) in [5.74, 6) is 0. The molecular weight excluding hydrogens is 605 g/mol. The van der Waals surface area contributed by atoms with Crippen molar-refractivity contribution in [3.63, 3.8) is 0 Å². The van der Waals surface area contributed by atoms with Crippen LogP contribution < -0.4 is 0 Å². The maximum Gasteiger partial charge on any atom is 0.0721 e. The molecule has 0 atom stereocenters. The highest BCUT2D eigenvalue weighted by Gasteiger charge is 2.14. The van der Waals surface area contributed by atoms with Crippen LogP contribution in [0.25, 0.3) is 88.8 Å². The van der Waals surface area contributed by atoms with Gasteiger partial charge in [0, 0.05) is 22.3 Å². The van der Waals surface area contributed by atoms with Crippen molar-refractivity contribution < 1.29 is 0 Å². The van der Waals surface area contributed by atoms with Gasteiger partial charge in [-0.15, -0.1) is 0 Å². The van der Waals surface area contributed by atoms with Crippen LogP contribution in [0.3, 0.4) is 0 Å². The Balaban J connectivity index is 1.22. The molecule has 0 saturated carbocycles. The highest BCUT2D eigenvalue weighted by molar-refractivity contribution is 5.98. The van der Waals surface area contributed by atoms with Crippen LogP contribution in [0.5, 0.6) is 0 Å². The van der Waals surface area contributed by atoms with Gasteiger partial charge in [-0.25, -0.2) is 9.97 Å². The first kappa shape index (κ1) is 29.5. The summed E-state index contributed by atoms with van der Waals surface area (Å²) in [6.45, 7) is 0. The number of hydrogen-bond donors (Lipinski definition) is 0. The molecule has 0 saturated heterocycles. The molecule has 0 unspecified atom stereocenters. The summed E-state index contributed by atoms with van der Waals surface area (Å²) in [6, 6.07) is 68.7. The summed E-state index contributed by atoms with van der Waals surface area (Å²) < 4.78 is 0. The standard InChI is InChI=1S/C48H32N2/c1-3-16-35(17-4-1)45-29-39(31-47(49-45)43-26-12-20-33-14-7-9-24-41(33)43)37-22-11-23-38(28-37)40-30-46(36-18-5-2-6-19-36)50-48(32-40)44-27-13-21-34-15-8-10-25-42(34)44/h1-32H. The number of rotatable bonds is 6. The summed E-state index contributed by atoms with van der Waals surface area (Å²) in [4.78, 5) is 10.5. The minimum absolute atomic E-state index is 0.949. The van der Waals surface area contributed by atoms with Gasteiger partial charge in [-0.3, -0.25) is 0 Å². The molecule has 234 valence electrons. The van der Waals surface area contributed by atoms with Gasteiger partial charge in [0.1, 0.15) is 0 Å². The molecule has 0 fully saturated rings. The molecule has 7 aromatic carbocycles. The van der Waals surface area contributed by atoms with Crippen LogP contribution in [-0.2, 0) is 0 Å². The predicted octanol–water partition coefficient (Wildman–Crippen LogP) is 12.8. The van der Waals surface area contributed by atoms with Crippen molar-refractivity contribution in [2.24, 2.45) is 0 Å². The van der Waals surface area contributed by atoms with Gasteiger partial charge >= 0.3 is 0 Å². The van der Waals surface area contributed by atoms with E-state index >= 15 is 0 Å². The molecular formula is C48H32N2. The van der Waals surface area contributed by atoms with Crippen molar-refractivity contribution in [1.82, 2.24) is 9.97 Å². The molecule has 2 heterocycles. The Morgan fingerprint density at radius 2 is 0.600 bits per heavy atom. The first-order valence-electron chi connectivity index (χ1n) is 17.0. The van der Waals surface area contributed by atoms with Crippen LogP contribution in [0.1, 0.15) is 0 Å². The average Bonchev–Trinajstić information content (AvgIpc) is 3.21. The van der Waals surface area contributed by atoms with E-state index in [0.29, 0.717) is 0 Å². The van der Waals surface area contributed by atoms with Crippen LogP contribution >= 0.6 is 0 Å². The molecule has 2 heteroatoms. The van der Waals surface area contributed by atoms with E-state index in [1.165, 1.54) is 21.5 Å². The van der Waals surface area contributed by atoms with Crippen molar-refractivity contribution in [2.75, 3.05) is 0 Å². The topological polar surface area (TPSA) is 25.8 Å². The Kier molecular flexibility index (Phi) is 7.53. The summed E-state index contributed by atoms with van der Waals surface area (Å²) in [7, 11) is 0. The quantitative estimate of drug-likeness (QED) is 0.181. The highest BCUT2D eigenvalue weighted by atomic mass is 14.7. The van der Waals surface area contributed by atoms with Gasteiger partial charge in [-0.1, -0.05) is 164 Å². The molecule has 0 aliphatic rings. The monoisotopic (exact) mass is 636 g/mol. The third-order valence-corrected chi connectivity index (χ3v) is 9.45. The summed E-state index contributed by atoms with van der Waals surface area (Å²) in [5.41, 5.74) is 12.7. The maximum absolute atomic E-state index is 5.24. The van der Waals surface area contributed by atoms with Crippen LogP contribution in [0.4, 0.5) is 0 Å². The van der Waals surface area contributed by atoms with E-state index in [4.69, 9.17) is 9.97 Å². The van der Waals surface area contributed by atoms with E-state index in [9.17, 15) is 0 Å². The van der Waals surface area contributed by atoms with Crippen LogP contribution in [0, 0.1) is 0 Å². The molecule has 2 aromatic heterocycles. The molecule has 0 N–H and O–H groups in total. The Morgan fingerprint density at radius 3 is 1.08 bits per heavy atom. The fourth-order valence-corrected chi connectivity index (χ4v) is 6.96. The number of aromatic nitrogens is 2. The third kappa shape index (κ3) is 5.63. The zero-order valence-corrected chi connectivity index (χ0v) is 27.4. The predicted molar refractivity (Wildman–Crippen MR) is 210 cm³/mol. The van der Waals surface area contributed by atoms with Gasteiger partial charge in [0.05, 0.1) is 22.8 Å². The van der Waals surface area contributed by atoms with E-state index in [-0.39, 0.29) is 0 Å². The van der Waals surface area contributed by atoms with Crippen LogP contribution in [0.2, 0.25) is 0 Å². The molecule has 0 aliphatic heterocycles. The Bertz CT molecular complexity index is 2450. The van der Waals surface area contributed by atoms with E-state index in [2.05, 4.69) is 182 Å². The smallest absolute Gasteiger partial charge is 0.0721 e. The summed E-state index contributed by atoms with van der Waals surface area (Å²) in [5, 5.41) is 4.79. The Morgan fingerprint density at radius 1 is 0.240 bits per heavy atom. The molecule has 0 bridgehead atoms. The highest BCUT2D eigenvalue weighted by Crippen LogP contribution is 2.37. The minimum atomic E-state index is 0.949. The first-order valence-corrected chi connectivity index (χ1v) is 17.0. The largest absolute Gasteiger partial charge is 0.248 e. The average molecular weight is 637 g/mol. The zero-order chi connectivity index (χ0) is 33.3. The Hall–Kier alpha value is -6.64. The molecule has 2 nitrogen and oxygen atoms in total. The third-order valence-electron chi connectivity index (χ3n) is 9.45. The van der Waals surface area contributed by atoms with Gasteiger partial charge in [0.15, 0.2) is 0 Å². The number of pyridine rings is 2. The number of hydrogen-bond acceptors (Lipinski definition) is 2. The number of benzene rings is 7. The lowest BCUT2D eigenvalue weighted by Gasteiger charge is -2.14. The van der Waals surface area contributed by atoms with Crippen molar-refractivity contribution in [3.8, 4) is 67.3 Å². The lowest BCUT2D eigenvalue weighted by Crippen LogP contribution is -1.93. The fraction of sp³-hybridized carbons (Fsp3) is 0. The first-order chi connectivity index (χ1) is 24.8. The SMILES string of the molecule is c1ccc(-c2cc(-c3cccc(-c4cc(-c5ccccc5)nc(-c5cccc6ccccc56)c4)c3)cc(-c3cccc4ccccc34)n2)cc1. The molecule has 0 aliphatic carbocycles. The fourth-order valence-electron chi connectivity index (χ4n) is 6.96. The van der Waals surface area contributed by atoms with Crippen LogP contribution in [-0.4, -0.2) is 9.97 Å². The van der Waals surface area contributed by atoms with Crippen LogP contribution in [0.15, 0.2) is 194 Å². The molecule has 0 amide bonds. The van der Waals surface area contributed by atoms with E-state index < -0.39 is 0 Å². The maximum atomic E-state index is 5.24.